The number of rotatable bonds is 9. The van der Waals surface area contributed by atoms with Gasteiger partial charge in [-0.15, -0.1) is 6.58 Å². The predicted octanol–water partition coefficient (Wildman–Crippen LogP) is 7.60. The van der Waals surface area contributed by atoms with Crippen molar-refractivity contribution in [2.75, 3.05) is 13.2 Å². The molecule has 0 amide bonds. The summed E-state index contributed by atoms with van der Waals surface area (Å²) in [7, 11) is 0. The number of halogens is 3. The van der Waals surface area contributed by atoms with Gasteiger partial charge in [-0.25, -0.2) is 13.2 Å². The van der Waals surface area contributed by atoms with Gasteiger partial charge < -0.3 is 9.47 Å². The standard InChI is InChI=1S/C26H35F3O2/c1-3-4-5-15-30-24-14-13-21(25(28)26(24)29)23-8-6-7-20(17-31-23)12-11-19-10-9-18(2)22(27)16-19/h3,9,13,16,19-20,23-24H,1,4-8,10-12,14-15,17H2,2H3/t19-,20?,23?,24+/m1/s1. The van der Waals surface area contributed by atoms with Crippen molar-refractivity contribution in [2.45, 2.75) is 76.9 Å². The fraction of sp³-hybridized carbons (Fsp3) is 0.615. The van der Waals surface area contributed by atoms with Crippen molar-refractivity contribution in [1.29, 1.82) is 0 Å². The van der Waals surface area contributed by atoms with Crippen LogP contribution in [0.5, 0.6) is 0 Å². The predicted molar refractivity (Wildman–Crippen MR) is 118 cm³/mol. The van der Waals surface area contributed by atoms with E-state index in [1.54, 1.807) is 25.2 Å². The lowest BCUT2D eigenvalue weighted by atomic mass is 9.88. The SMILES string of the molecule is C=CCCCO[C@H]1CC=C(C2CCCC(CC[C@@H]3C=C(F)C(C)=CC3)CO2)C(F)=C1F. The van der Waals surface area contributed by atoms with Crippen molar-refractivity contribution < 1.29 is 22.6 Å². The molecule has 0 aromatic carbocycles. The van der Waals surface area contributed by atoms with Gasteiger partial charge in [-0.3, -0.25) is 0 Å². The fourth-order valence-electron chi connectivity index (χ4n) is 4.54. The molecule has 2 aliphatic carbocycles. The van der Waals surface area contributed by atoms with Gasteiger partial charge in [0.1, 0.15) is 11.9 Å². The maximum Gasteiger partial charge on any atom is 0.165 e. The summed E-state index contributed by atoms with van der Waals surface area (Å²) in [6.07, 6.45) is 13.2. The molecule has 1 fully saturated rings. The maximum atomic E-state index is 14.8. The first-order valence-corrected chi connectivity index (χ1v) is 11.6. The van der Waals surface area contributed by atoms with Crippen molar-refractivity contribution in [1.82, 2.24) is 0 Å². The zero-order valence-electron chi connectivity index (χ0n) is 18.6. The topological polar surface area (TPSA) is 18.5 Å². The average molecular weight is 437 g/mol. The quantitative estimate of drug-likeness (QED) is 0.274. The maximum absolute atomic E-state index is 14.8. The van der Waals surface area contributed by atoms with Crippen LogP contribution in [0.4, 0.5) is 13.2 Å². The molecule has 3 aliphatic rings. The summed E-state index contributed by atoms with van der Waals surface area (Å²) in [5.74, 6) is -1.12. The van der Waals surface area contributed by atoms with Crippen LogP contribution in [0.3, 0.4) is 0 Å². The van der Waals surface area contributed by atoms with E-state index in [4.69, 9.17) is 9.47 Å². The van der Waals surface area contributed by atoms with Crippen LogP contribution in [0.15, 0.2) is 59.5 Å². The Labute approximate surface area is 184 Å². The number of hydrogen-bond donors (Lipinski definition) is 0. The Morgan fingerprint density at radius 2 is 2.00 bits per heavy atom. The Kier molecular flexibility index (Phi) is 9.21. The lowest BCUT2D eigenvalue weighted by Gasteiger charge is -2.25. The van der Waals surface area contributed by atoms with Crippen molar-refractivity contribution in [3.8, 4) is 0 Å². The Hall–Kier alpha value is -1.59. The number of allylic oxidation sites excluding steroid dienone is 5. The zero-order chi connectivity index (χ0) is 22.2. The summed E-state index contributed by atoms with van der Waals surface area (Å²) in [4.78, 5) is 0. The molecule has 0 N–H and O–H groups in total. The lowest BCUT2D eigenvalue weighted by molar-refractivity contribution is 0.0467. The van der Waals surface area contributed by atoms with E-state index in [0.717, 1.165) is 50.5 Å². The van der Waals surface area contributed by atoms with Crippen LogP contribution in [0.2, 0.25) is 0 Å². The molecule has 31 heavy (non-hydrogen) atoms. The molecule has 4 atom stereocenters. The zero-order valence-corrected chi connectivity index (χ0v) is 18.6. The highest BCUT2D eigenvalue weighted by Crippen LogP contribution is 2.36. The minimum atomic E-state index is -0.839. The van der Waals surface area contributed by atoms with Crippen LogP contribution >= 0.6 is 0 Å². The highest BCUT2D eigenvalue weighted by atomic mass is 19.2. The third kappa shape index (κ3) is 6.69. The summed E-state index contributed by atoms with van der Waals surface area (Å²) >= 11 is 0. The Balaban J connectivity index is 1.48. The normalized spacial score (nSPS) is 29.7. The molecule has 1 aliphatic heterocycles. The highest BCUT2D eigenvalue weighted by Gasteiger charge is 2.32. The van der Waals surface area contributed by atoms with Gasteiger partial charge in [0, 0.05) is 12.2 Å². The minimum absolute atomic E-state index is 0.107. The first kappa shape index (κ1) is 24.1. The van der Waals surface area contributed by atoms with Gasteiger partial charge in [-0.05, 0) is 81.8 Å². The molecule has 2 nitrogen and oxygen atoms in total. The van der Waals surface area contributed by atoms with Crippen molar-refractivity contribution in [2.24, 2.45) is 11.8 Å². The molecular formula is C26H35F3O2. The van der Waals surface area contributed by atoms with E-state index in [1.165, 1.54) is 0 Å². The number of hydrogen-bond acceptors (Lipinski definition) is 2. The van der Waals surface area contributed by atoms with Gasteiger partial charge in [0.05, 0.1) is 12.7 Å². The van der Waals surface area contributed by atoms with Crippen molar-refractivity contribution >= 4 is 0 Å². The second-order valence-corrected chi connectivity index (χ2v) is 8.94. The summed E-state index contributed by atoms with van der Waals surface area (Å²) in [6, 6.07) is 0. The van der Waals surface area contributed by atoms with E-state index in [0.29, 0.717) is 37.5 Å². The largest absolute Gasteiger partial charge is 0.373 e. The molecule has 0 aromatic heterocycles. The van der Waals surface area contributed by atoms with E-state index < -0.39 is 23.9 Å². The van der Waals surface area contributed by atoms with Crippen LogP contribution in [0.25, 0.3) is 0 Å². The van der Waals surface area contributed by atoms with E-state index >= 15 is 0 Å². The van der Waals surface area contributed by atoms with E-state index in [2.05, 4.69) is 6.58 Å². The Morgan fingerprint density at radius 1 is 1.16 bits per heavy atom. The van der Waals surface area contributed by atoms with Crippen LogP contribution in [-0.4, -0.2) is 25.4 Å². The molecule has 1 saturated heterocycles. The van der Waals surface area contributed by atoms with E-state index in [9.17, 15) is 13.2 Å². The lowest BCUT2D eigenvalue weighted by Crippen LogP contribution is -2.24. The molecule has 2 unspecified atom stereocenters. The third-order valence-corrected chi connectivity index (χ3v) is 6.56. The monoisotopic (exact) mass is 436 g/mol. The third-order valence-electron chi connectivity index (χ3n) is 6.56. The van der Waals surface area contributed by atoms with Crippen molar-refractivity contribution in [3.63, 3.8) is 0 Å². The summed E-state index contributed by atoms with van der Waals surface area (Å²) in [5.41, 5.74) is 1.06. The molecule has 0 saturated carbocycles. The molecule has 0 aromatic rings. The van der Waals surface area contributed by atoms with Gasteiger partial charge in [-0.1, -0.05) is 24.6 Å². The number of ether oxygens (including phenoxy) is 2. The van der Waals surface area contributed by atoms with Gasteiger partial charge in [0.15, 0.2) is 11.7 Å². The van der Waals surface area contributed by atoms with Crippen molar-refractivity contribution in [3.05, 3.63) is 59.5 Å². The molecule has 5 heteroatoms. The van der Waals surface area contributed by atoms with Crippen LogP contribution in [-0.2, 0) is 9.47 Å². The first-order valence-electron chi connectivity index (χ1n) is 11.6. The Bertz CT molecular complexity index is 750. The fourth-order valence-corrected chi connectivity index (χ4v) is 4.54. The van der Waals surface area contributed by atoms with Gasteiger partial charge in [-0.2, -0.15) is 0 Å². The minimum Gasteiger partial charge on any atom is -0.373 e. The molecule has 0 radical (unpaired) electrons. The van der Waals surface area contributed by atoms with Crippen LogP contribution < -0.4 is 0 Å². The van der Waals surface area contributed by atoms with Crippen LogP contribution in [0, 0.1) is 11.8 Å². The van der Waals surface area contributed by atoms with Gasteiger partial charge in [0.25, 0.3) is 0 Å². The molecule has 0 bridgehead atoms. The first-order chi connectivity index (χ1) is 15.0. The summed E-state index contributed by atoms with van der Waals surface area (Å²) < 4.78 is 54.6. The van der Waals surface area contributed by atoms with Crippen LogP contribution in [0.1, 0.15) is 64.7 Å². The van der Waals surface area contributed by atoms with E-state index in [-0.39, 0.29) is 11.7 Å². The molecule has 1 heterocycles. The Morgan fingerprint density at radius 3 is 2.77 bits per heavy atom. The highest BCUT2D eigenvalue weighted by molar-refractivity contribution is 5.36. The molecule has 3 rings (SSSR count). The molecule has 172 valence electrons. The molecular weight excluding hydrogens is 401 g/mol. The molecule has 0 spiro atoms. The summed E-state index contributed by atoms with van der Waals surface area (Å²) in [5, 5.41) is 0. The van der Waals surface area contributed by atoms with E-state index in [1.807, 2.05) is 6.08 Å². The second kappa shape index (κ2) is 11.9. The average Bonchev–Trinajstić information content (AvgIpc) is 3.00. The second-order valence-electron chi connectivity index (χ2n) is 8.94. The van der Waals surface area contributed by atoms with Gasteiger partial charge in [0.2, 0.25) is 0 Å². The smallest absolute Gasteiger partial charge is 0.165 e. The number of unbranched alkanes of at least 4 members (excludes halogenated alkanes) is 1. The summed E-state index contributed by atoms with van der Waals surface area (Å²) in [6.45, 7) is 6.37. The van der Waals surface area contributed by atoms with Gasteiger partial charge >= 0.3 is 0 Å².